The van der Waals surface area contributed by atoms with Gasteiger partial charge in [0.25, 0.3) is 0 Å². The fourth-order valence-electron chi connectivity index (χ4n) is 1.56. The molecule has 0 saturated carbocycles. The number of rotatable bonds is 4. The molecule has 2 rings (SSSR count). The number of hydrogen-bond acceptors (Lipinski definition) is 4. The Labute approximate surface area is 119 Å². The first-order chi connectivity index (χ1) is 8.68. The van der Waals surface area contributed by atoms with E-state index in [1.807, 2.05) is 24.1 Å². The number of likely N-dealkylation sites (N-methyl/N-ethyl adjacent to an activating group) is 1. The molecule has 0 unspecified atom stereocenters. The van der Waals surface area contributed by atoms with E-state index in [9.17, 15) is 0 Å². The van der Waals surface area contributed by atoms with Gasteiger partial charge in [0.15, 0.2) is 0 Å². The van der Waals surface area contributed by atoms with E-state index in [0.717, 1.165) is 23.3 Å². The van der Waals surface area contributed by atoms with Crippen molar-refractivity contribution in [2.45, 2.75) is 6.42 Å². The minimum atomic E-state index is 0.427. The molecule has 2 aromatic rings. The molecule has 0 saturated heterocycles. The van der Waals surface area contributed by atoms with Crippen molar-refractivity contribution in [1.82, 2.24) is 15.0 Å². The Balaban J connectivity index is 2.04. The fraction of sp³-hybridized carbons (Fsp3) is 0.250. The molecule has 0 aliphatic heterocycles. The van der Waals surface area contributed by atoms with Crippen molar-refractivity contribution in [2.75, 3.05) is 18.5 Å². The number of hydrogen-bond donors (Lipinski definition) is 0. The molecule has 0 spiro atoms. The van der Waals surface area contributed by atoms with E-state index in [-0.39, 0.29) is 0 Å². The molecular formula is C12H12BrClN4. The van der Waals surface area contributed by atoms with Gasteiger partial charge in [-0.2, -0.15) is 0 Å². The molecule has 0 bridgehead atoms. The van der Waals surface area contributed by atoms with E-state index in [2.05, 4.69) is 30.9 Å². The smallest absolute Gasteiger partial charge is 0.148 e. The second-order valence-electron chi connectivity index (χ2n) is 3.83. The number of aromatic nitrogens is 3. The molecule has 0 amide bonds. The Morgan fingerprint density at radius 3 is 2.72 bits per heavy atom. The predicted molar refractivity (Wildman–Crippen MR) is 76.0 cm³/mol. The number of pyridine rings is 1. The van der Waals surface area contributed by atoms with Crippen LogP contribution in [0.2, 0.25) is 5.15 Å². The highest BCUT2D eigenvalue weighted by Gasteiger charge is 2.10. The monoisotopic (exact) mass is 326 g/mol. The summed E-state index contributed by atoms with van der Waals surface area (Å²) in [7, 11) is 1.98. The van der Waals surface area contributed by atoms with Gasteiger partial charge in [-0.1, -0.05) is 11.6 Å². The minimum Gasteiger partial charge on any atom is -0.358 e. The van der Waals surface area contributed by atoms with E-state index in [4.69, 9.17) is 11.6 Å². The fourth-order valence-corrected chi connectivity index (χ4v) is 2.19. The average Bonchev–Trinajstić information content (AvgIpc) is 2.40. The summed E-state index contributed by atoms with van der Waals surface area (Å²) in [5.41, 5.74) is 1.24. The number of anilines is 1. The summed E-state index contributed by atoms with van der Waals surface area (Å²) >= 11 is 9.34. The molecule has 2 heterocycles. The van der Waals surface area contributed by atoms with Gasteiger partial charge in [0.1, 0.15) is 17.3 Å². The summed E-state index contributed by atoms with van der Waals surface area (Å²) in [5.74, 6) is 0.795. The topological polar surface area (TPSA) is 41.9 Å². The average molecular weight is 328 g/mol. The van der Waals surface area contributed by atoms with E-state index in [1.165, 1.54) is 11.9 Å². The predicted octanol–water partition coefficient (Wildman–Crippen LogP) is 2.97. The van der Waals surface area contributed by atoms with Crippen molar-refractivity contribution in [3.8, 4) is 0 Å². The maximum atomic E-state index is 5.94. The minimum absolute atomic E-state index is 0.427. The van der Waals surface area contributed by atoms with Crippen LogP contribution in [0.4, 0.5) is 5.82 Å². The molecule has 0 radical (unpaired) electrons. The maximum Gasteiger partial charge on any atom is 0.148 e. The zero-order valence-electron chi connectivity index (χ0n) is 9.85. The van der Waals surface area contributed by atoms with Crippen LogP contribution in [0.1, 0.15) is 5.56 Å². The van der Waals surface area contributed by atoms with Crippen LogP contribution in [0.5, 0.6) is 0 Å². The first kappa shape index (κ1) is 13.2. The summed E-state index contributed by atoms with van der Waals surface area (Å²) in [5, 5.41) is 0.427. The first-order valence-corrected chi connectivity index (χ1v) is 6.61. The summed E-state index contributed by atoms with van der Waals surface area (Å²) in [6.07, 6.45) is 5.98. The Bertz CT molecular complexity index is 521. The van der Waals surface area contributed by atoms with E-state index < -0.39 is 0 Å². The van der Waals surface area contributed by atoms with Crippen LogP contribution in [-0.4, -0.2) is 28.5 Å². The summed E-state index contributed by atoms with van der Waals surface area (Å²) in [4.78, 5) is 14.2. The maximum absolute atomic E-state index is 5.94. The van der Waals surface area contributed by atoms with Crippen LogP contribution in [0, 0.1) is 0 Å². The summed E-state index contributed by atoms with van der Waals surface area (Å²) < 4.78 is 0.726. The van der Waals surface area contributed by atoms with Crippen molar-refractivity contribution in [2.24, 2.45) is 0 Å². The normalized spacial score (nSPS) is 10.4. The largest absolute Gasteiger partial charge is 0.358 e. The summed E-state index contributed by atoms with van der Waals surface area (Å²) in [6, 6.07) is 4.02. The van der Waals surface area contributed by atoms with Gasteiger partial charge in [0.2, 0.25) is 0 Å². The molecule has 0 aromatic carbocycles. The van der Waals surface area contributed by atoms with E-state index in [1.54, 1.807) is 12.4 Å². The summed E-state index contributed by atoms with van der Waals surface area (Å²) in [6.45, 7) is 0.843. The molecule has 4 nitrogen and oxygen atoms in total. The Hall–Kier alpha value is -1.20. The quantitative estimate of drug-likeness (QED) is 0.810. The second kappa shape index (κ2) is 6.11. The van der Waals surface area contributed by atoms with Crippen LogP contribution in [-0.2, 0) is 6.42 Å². The van der Waals surface area contributed by atoms with E-state index in [0.29, 0.717) is 5.15 Å². The van der Waals surface area contributed by atoms with Gasteiger partial charge in [0.05, 0.1) is 4.47 Å². The Kier molecular flexibility index (Phi) is 4.49. The van der Waals surface area contributed by atoms with Crippen LogP contribution in [0.25, 0.3) is 0 Å². The van der Waals surface area contributed by atoms with Gasteiger partial charge in [-0.25, -0.2) is 9.97 Å². The lowest BCUT2D eigenvalue weighted by Gasteiger charge is -2.19. The molecule has 0 N–H and O–H groups in total. The molecule has 0 aliphatic carbocycles. The second-order valence-corrected chi connectivity index (χ2v) is 4.98. The van der Waals surface area contributed by atoms with Crippen molar-refractivity contribution in [3.63, 3.8) is 0 Å². The highest BCUT2D eigenvalue weighted by Crippen LogP contribution is 2.28. The van der Waals surface area contributed by atoms with Crippen LogP contribution >= 0.6 is 27.5 Å². The molecule has 94 valence electrons. The van der Waals surface area contributed by atoms with Gasteiger partial charge in [-0.3, -0.25) is 4.98 Å². The van der Waals surface area contributed by atoms with Crippen LogP contribution in [0.15, 0.2) is 35.3 Å². The third-order valence-corrected chi connectivity index (χ3v) is 3.82. The Morgan fingerprint density at radius 1 is 1.28 bits per heavy atom. The van der Waals surface area contributed by atoms with E-state index >= 15 is 0 Å². The lowest BCUT2D eigenvalue weighted by atomic mass is 10.2. The van der Waals surface area contributed by atoms with Gasteiger partial charge in [0, 0.05) is 26.0 Å². The van der Waals surface area contributed by atoms with Crippen LogP contribution < -0.4 is 4.90 Å². The van der Waals surface area contributed by atoms with Crippen molar-refractivity contribution < 1.29 is 0 Å². The Morgan fingerprint density at radius 2 is 2.00 bits per heavy atom. The van der Waals surface area contributed by atoms with Gasteiger partial charge in [-0.05, 0) is 40.0 Å². The van der Waals surface area contributed by atoms with Gasteiger partial charge in [-0.15, -0.1) is 0 Å². The molecule has 6 heteroatoms. The highest BCUT2D eigenvalue weighted by molar-refractivity contribution is 9.10. The molecule has 0 atom stereocenters. The van der Waals surface area contributed by atoms with Crippen molar-refractivity contribution >= 4 is 33.3 Å². The molecule has 0 fully saturated rings. The first-order valence-electron chi connectivity index (χ1n) is 5.44. The van der Waals surface area contributed by atoms with Crippen LogP contribution in [0.3, 0.4) is 0 Å². The standard InChI is InChI=1S/C12H12BrClN4/c1-18(7-4-9-2-5-15-6-3-9)12-10(13)11(14)16-8-17-12/h2-3,5-6,8H,4,7H2,1H3. The third-order valence-electron chi connectivity index (χ3n) is 2.58. The van der Waals surface area contributed by atoms with Gasteiger partial charge < -0.3 is 4.90 Å². The lowest BCUT2D eigenvalue weighted by molar-refractivity contribution is 0.851. The zero-order chi connectivity index (χ0) is 13.0. The SMILES string of the molecule is CN(CCc1ccncc1)c1ncnc(Cl)c1Br. The van der Waals surface area contributed by atoms with Crippen molar-refractivity contribution in [1.29, 1.82) is 0 Å². The number of nitrogens with zero attached hydrogens (tertiary/aromatic N) is 4. The third kappa shape index (κ3) is 3.17. The lowest BCUT2D eigenvalue weighted by Crippen LogP contribution is -2.22. The molecule has 18 heavy (non-hydrogen) atoms. The van der Waals surface area contributed by atoms with Gasteiger partial charge >= 0.3 is 0 Å². The highest BCUT2D eigenvalue weighted by atomic mass is 79.9. The molecule has 0 aliphatic rings. The van der Waals surface area contributed by atoms with Crippen molar-refractivity contribution in [3.05, 3.63) is 46.0 Å². The molecular weight excluding hydrogens is 316 g/mol. The molecule has 2 aromatic heterocycles. The zero-order valence-corrected chi connectivity index (χ0v) is 12.2. The number of halogens is 2.